The Bertz CT molecular complexity index is 1400. The first-order valence-electron chi connectivity index (χ1n) is 11.0. The van der Waals surface area contributed by atoms with Crippen molar-refractivity contribution in [3.63, 3.8) is 0 Å². The first kappa shape index (κ1) is 23.2. The molecule has 0 amide bonds. The van der Waals surface area contributed by atoms with E-state index < -0.39 is 27.4 Å². The lowest BCUT2D eigenvalue weighted by atomic mass is 10.2. The summed E-state index contributed by atoms with van der Waals surface area (Å²) in [7, 11) is -3.83. The van der Waals surface area contributed by atoms with Crippen LogP contribution in [0.4, 0.5) is 5.95 Å². The van der Waals surface area contributed by atoms with Crippen molar-refractivity contribution in [2.45, 2.75) is 69.8 Å². The molecule has 3 aromatic rings. The number of nitrogens with zero attached hydrogens (tertiary/aromatic N) is 4. The van der Waals surface area contributed by atoms with Gasteiger partial charge in [0.1, 0.15) is 0 Å². The van der Waals surface area contributed by atoms with Gasteiger partial charge in [0.05, 0.1) is 23.6 Å². The number of nitrogens with two attached hydrogens (primary N) is 1. The van der Waals surface area contributed by atoms with Crippen LogP contribution in [0.25, 0.3) is 11.2 Å². The Kier molecular flexibility index (Phi) is 6.16. The molecule has 33 heavy (non-hydrogen) atoms. The van der Waals surface area contributed by atoms with E-state index in [1.165, 1.54) is 21.3 Å². The highest BCUT2D eigenvalue weighted by Crippen LogP contribution is 2.25. The van der Waals surface area contributed by atoms with Gasteiger partial charge in [0.2, 0.25) is 16.0 Å². The molecule has 1 fully saturated rings. The number of aryl methyl sites for hydroxylation is 1. The zero-order chi connectivity index (χ0) is 23.9. The van der Waals surface area contributed by atoms with Crippen LogP contribution in [0.5, 0.6) is 0 Å². The van der Waals surface area contributed by atoms with Crippen molar-refractivity contribution in [3.8, 4) is 0 Å². The molecule has 1 saturated carbocycles. The molecule has 1 aliphatic carbocycles. The molecule has 11 nitrogen and oxygen atoms in total. The third kappa shape index (κ3) is 4.21. The van der Waals surface area contributed by atoms with Gasteiger partial charge in [0.25, 0.3) is 5.56 Å². The van der Waals surface area contributed by atoms with Crippen molar-refractivity contribution in [1.29, 1.82) is 0 Å². The van der Waals surface area contributed by atoms with E-state index in [4.69, 9.17) is 5.14 Å². The lowest BCUT2D eigenvalue weighted by Crippen LogP contribution is -2.40. The highest BCUT2D eigenvalue weighted by molar-refractivity contribution is 7.89. The molecule has 0 bridgehead atoms. The molecule has 2 atom stereocenters. The highest BCUT2D eigenvalue weighted by atomic mass is 32.2. The number of benzene rings is 1. The minimum absolute atomic E-state index is 0.0117. The van der Waals surface area contributed by atoms with E-state index >= 15 is 0 Å². The summed E-state index contributed by atoms with van der Waals surface area (Å²) in [5, 5.41) is 18.8. The molecular formula is C21H28N6O5S. The molecule has 0 saturated heterocycles. The number of imidazole rings is 1. The second-order valence-corrected chi connectivity index (χ2v) is 9.77. The first-order valence-corrected chi connectivity index (χ1v) is 12.5. The van der Waals surface area contributed by atoms with Gasteiger partial charge in [-0.3, -0.25) is 18.5 Å². The van der Waals surface area contributed by atoms with Crippen LogP contribution in [-0.2, 0) is 29.7 Å². The van der Waals surface area contributed by atoms with E-state index in [2.05, 4.69) is 10.3 Å². The third-order valence-corrected chi connectivity index (χ3v) is 7.06. The summed E-state index contributed by atoms with van der Waals surface area (Å²) in [5.74, 6) is 0.374. The fourth-order valence-corrected chi connectivity index (χ4v) is 4.88. The van der Waals surface area contributed by atoms with Gasteiger partial charge in [0, 0.05) is 13.1 Å². The van der Waals surface area contributed by atoms with Gasteiger partial charge in [-0.05, 0) is 50.8 Å². The van der Waals surface area contributed by atoms with Crippen molar-refractivity contribution in [3.05, 3.63) is 50.7 Å². The number of primary sulfonamides is 1. The summed E-state index contributed by atoms with van der Waals surface area (Å²) in [4.78, 5) is 30.7. The van der Waals surface area contributed by atoms with Crippen LogP contribution in [0, 0.1) is 0 Å². The van der Waals surface area contributed by atoms with Crippen LogP contribution in [-0.4, -0.2) is 44.4 Å². The summed E-state index contributed by atoms with van der Waals surface area (Å²) in [6, 6.07) is 5.83. The van der Waals surface area contributed by atoms with Gasteiger partial charge in [-0.2, -0.15) is 4.98 Å². The number of rotatable bonds is 7. The number of aliphatic hydroxyl groups is 1. The van der Waals surface area contributed by atoms with E-state index in [9.17, 15) is 23.1 Å². The van der Waals surface area contributed by atoms with Crippen molar-refractivity contribution in [2.75, 3.05) is 5.32 Å². The smallest absolute Gasteiger partial charge is 0.332 e. The average Bonchev–Trinajstić information content (AvgIpc) is 3.32. The summed E-state index contributed by atoms with van der Waals surface area (Å²) in [6.07, 6.45) is 1.77. The van der Waals surface area contributed by atoms with E-state index in [1.807, 2.05) is 6.92 Å². The Morgan fingerprint density at radius 1 is 1.09 bits per heavy atom. The molecule has 4 rings (SSSR count). The van der Waals surface area contributed by atoms with Crippen LogP contribution in [0.3, 0.4) is 0 Å². The fraction of sp³-hybridized carbons (Fsp3) is 0.476. The maximum absolute atomic E-state index is 13.3. The molecule has 12 heteroatoms. The zero-order valence-corrected chi connectivity index (χ0v) is 19.4. The number of aromatic nitrogens is 4. The Labute approximate surface area is 190 Å². The average molecular weight is 477 g/mol. The van der Waals surface area contributed by atoms with Crippen LogP contribution in [0.15, 0.2) is 38.8 Å². The number of nitrogens with one attached hydrogen (secondary N) is 1. The van der Waals surface area contributed by atoms with Gasteiger partial charge in [-0.15, -0.1) is 0 Å². The second kappa shape index (κ2) is 8.76. The van der Waals surface area contributed by atoms with Crippen molar-refractivity contribution in [2.24, 2.45) is 5.14 Å². The maximum atomic E-state index is 13.3. The normalized spacial score (nSPS) is 18.8. The molecule has 0 radical (unpaired) electrons. The third-order valence-electron chi connectivity index (χ3n) is 6.13. The predicted octanol–water partition coefficient (Wildman–Crippen LogP) is 0.421. The molecule has 2 heterocycles. The van der Waals surface area contributed by atoms with Crippen molar-refractivity contribution in [1.82, 2.24) is 18.7 Å². The van der Waals surface area contributed by atoms with Crippen molar-refractivity contribution >= 4 is 27.1 Å². The van der Waals surface area contributed by atoms with Gasteiger partial charge in [-0.1, -0.05) is 12.1 Å². The molecule has 178 valence electrons. The fourth-order valence-electron chi connectivity index (χ4n) is 4.36. The number of fused-ring (bicyclic) bond motifs is 1. The van der Waals surface area contributed by atoms with E-state index in [0.29, 0.717) is 24.5 Å². The molecule has 2 aromatic heterocycles. The first-order chi connectivity index (χ1) is 15.7. The molecular weight excluding hydrogens is 448 g/mol. The number of hydrogen-bond donors (Lipinski definition) is 3. The van der Waals surface area contributed by atoms with Crippen LogP contribution in [0.2, 0.25) is 0 Å². The number of sulfonamides is 1. The van der Waals surface area contributed by atoms with E-state index in [-0.39, 0.29) is 35.2 Å². The zero-order valence-electron chi connectivity index (χ0n) is 18.6. The topological polar surface area (TPSA) is 154 Å². The summed E-state index contributed by atoms with van der Waals surface area (Å²) in [5.41, 5.74) is 0.383. The quantitative estimate of drug-likeness (QED) is 0.446. The minimum Gasteiger partial charge on any atom is -0.391 e. The summed E-state index contributed by atoms with van der Waals surface area (Å²) >= 11 is 0. The summed E-state index contributed by atoms with van der Waals surface area (Å²) < 4.78 is 27.5. The number of anilines is 1. The van der Waals surface area contributed by atoms with Crippen LogP contribution >= 0.6 is 0 Å². The lowest BCUT2D eigenvalue weighted by molar-refractivity contribution is 0.171. The molecule has 0 spiro atoms. The van der Waals surface area contributed by atoms with Gasteiger partial charge in [0.15, 0.2) is 11.2 Å². The SMILES string of the molecule is CCn1c(=O)c2c(nc(N[C@@H]3CCC[C@H]3O)n2Cc2ccc(S(N)(=O)=O)cc2)n(CC)c1=O. The van der Waals surface area contributed by atoms with Crippen LogP contribution < -0.4 is 21.7 Å². The largest absolute Gasteiger partial charge is 0.391 e. The lowest BCUT2D eigenvalue weighted by Gasteiger charge is -2.18. The van der Waals surface area contributed by atoms with Crippen molar-refractivity contribution < 1.29 is 13.5 Å². The summed E-state index contributed by atoms with van der Waals surface area (Å²) in [6.45, 7) is 4.29. The highest BCUT2D eigenvalue weighted by Gasteiger charge is 2.28. The Morgan fingerprint density at radius 3 is 2.30 bits per heavy atom. The maximum Gasteiger partial charge on any atom is 0.332 e. The Balaban J connectivity index is 1.90. The molecule has 0 aliphatic heterocycles. The monoisotopic (exact) mass is 476 g/mol. The van der Waals surface area contributed by atoms with Gasteiger partial charge >= 0.3 is 5.69 Å². The van der Waals surface area contributed by atoms with E-state index in [0.717, 1.165) is 12.8 Å². The predicted molar refractivity (Wildman–Crippen MR) is 124 cm³/mol. The Morgan fingerprint density at radius 2 is 1.76 bits per heavy atom. The molecule has 1 aliphatic rings. The molecule has 4 N–H and O–H groups in total. The van der Waals surface area contributed by atoms with Gasteiger partial charge in [-0.25, -0.2) is 18.4 Å². The molecule has 1 aromatic carbocycles. The number of hydrogen-bond acceptors (Lipinski definition) is 7. The standard InChI is InChI=1S/C21H28N6O5S/c1-3-25-18-17(19(29)26(4-2)21(25)30)27(20(24-18)23-15-6-5-7-16(15)28)12-13-8-10-14(11-9-13)33(22,31)32/h8-11,15-16,28H,3-7,12H2,1-2H3,(H,23,24)(H2,22,31,32)/t15-,16-/m1/s1. The minimum atomic E-state index is -3.83. The van der Waals surface area contributed by atoms with Crippen LogP contribution in [0.1, 0.15) is 38.7 Å². The van der Waals surface area contributed by atoms with Gasteiger partial charge < -0.3 is 10.4 Å². The molecule has 0 unspecified atom stereocenters. The van der Waals surface area contributed by atoms with E-state index in [1.54, 1.807) is 23.6 Å². The second-order valence-electron chi connectivity index (χ2n) is 8.21. The Hall–Kier alpha value is -2.96. The number of aliphatic hydroxyl groups excluding tert-OH is 1.